The maximum absolute atomic E-state index is 11.5. The van der Waals surface area contributed by atoms with E-state index in [0.717, 1.165) is 25.1 Å². The highest BCUT2D eigenvalue weighted by atomic mass is 32.1. The lowest BCUT2D eigenvalue weighted by Crippen LogP contribution is -2.29. The van der Waals surface area contributed by atoms with Gasteiger partial charge in [-0.2, -0.15) is 0 Å². The third-order valence-corrected chi connectivity index (χ3v) is 3.80. The second-order valence-corrected chi connectivity index (χ2v) is 5.95. The molecule has 4 nitrogen and oxygen atoms in total. The predicted octanol–water partition coefficient (Wildman–Crippen LogP) is 3.70. The number of benzene rings is 2. The number of carbonyl (C=O) groups excluding carboxylic acids is 1. The molecule has 5 heteroatoms. The van der Waals surface area contributed by atoms with Gasteiger partial charge in [0.15, 0.2) is 5.11 Å². The van der Waals surface area contributed by atoms with Crippen molar-refractivity contribution in [2.45, 2.75) is 19.8 Å². The molecule has 24 heavy (non-hydrogen) atoms. The summed E-state index contributed by atoms with van der Waals surface area (Å²) < 4.78 is 4.71. The normalized spacial score (nSPS) is 10.1. The summed E-state index contributed by atoms with van der Waals surface area (Å²) in [5.41, 5.74) is 3.86. The molecule has 0 fully saturated rings. The number of hydrogen-bond acceptors (Lipinski definition) is 3. The van der Waals surface area contributed by atoms with E-state index in [1.807, 2.05) is 6.07 Å². The Bertz CT molecular complexity index is 716. The lowest BCUT2D eigenvalue weighted by molar-refractivity contribution is 0.0601. The first-order valence-electron chi connectivity index (χ1n) is 7.87. The lowest BCUT2D eigenvalue weighted by atomic mass is 10.1. The highest BCUT2D eigenvalue weighted by Crippen LogP contribution is 2.11. The van der Waals surface area contributed by atoms with Gasteiger partial charge in [0.2, 0.25) is 0 Å². The van der Waals surface area contributed by atoms with Gasteiger partial charge in [0.1, 0.15) is 0 Å². The Balaban J connectivity index is 1.76. The van der Waals surface area contributed by atoms with Crippen LogP contribution < -0.4 is 10.6 Å². The second kappa shape index (κ2) is 9.03. The summed E-state index contributed by atoms with van der Waals surface area (Å²) in [4.78, 5) is 11.5. The monoisotopic (exact) mass is 342 g/mol. The summed E-state index contributed by atoms with van der Waals surface area (Å²) in [5.74, 6) is -0.365. The van der Waals surface area contributed by atoms with Crippen molar-refractivity contribution in [3.05, 3.63) is 65.2 Å². The van der Waals surface area contributed by atoms with Crippen molar-refractivity contribution in [3.8, 4) is 0 Å². The van der Waals surface area contributed by atoms with Crippen LogP contribution in [0.15, 0.2) is 48.5 Å². The number of anilines is 1. The molecule has 0 unspecified atom stereocenters. The second-order valence-electron chi connectivity index (χ2n) is 5.55. The third kappa shape index (κ3) is 5.66. The van der Waals surface area contributed by atoms with E-state index in [1.165, 1.54) is 18.2 Å². The van der Waals surface area contributed by atoms with Crippen LogP contribution in [0.1, 0.15) is 27.9 Å². The zero-order valence-electron chi connectivity index (χ0n) is 14.0. The van der Waals surface area contributed by atoms with Crippen LogP contribution >= 0.6 is 12.2 Å². The topological polar surface area (TPSA) is 50.4 Å². The molecule has 2 rings (SSSR count). The van der Waals surface area contributed by atoms with Gasteiger partial charge in [-0.25, -0.2) is 4.79 Å². The zero-order chi connectivity index (χ0) is 17.4. The molecular weight excluding hydrogens is 320 g/mol. The van der Waals surface area contributed by atoms with Gasteiger partial charge < -0.3 is 15.4 Å². The number of hydrogen-bond donors (Lipinski definition) is 2. The van der Waals surface area contributed by atoms with Crippen molar-refractivity contribution in [2.24, 2.45) is 0 Å². The first-order valence-corrected chi connectivity index (χ1v) is 8.28. The number of thiocarbonyl (C=S) groups is 1. The van der Waals surface area contributed by atoms with E-state index in [4.69, 9.17) is 17.0 Å². The van der Waals surface area contributed by atoms with Crippen molar-refractivity contribution < 1.29 is 9.53 Å². The minimum Gasteiger partial charge on any atom is -0.465 e. The first-order chi connectivity index (χ1) is 11.6. The average molecular weight is 342 g/mol. The molecule has 0 aliphatic rings. The average Bonchev–Trinajstić information content (AvgIpc) is 2.58. The van der Waals surface area contributed by atoms with Crippen LogP contribution in [0.2, 0.25) is 0 Å². The summed E-state index contributed by atoms with van der Waals surface area (Å²) >= 11 is 5.29. The predicted molar refractivity (Wildman–Crippen MR) is 102 cm³/mol. The molecule has 0 saturated carbocycles. The van der Waals surface area contributed by atoms with E-state index >= 15 is 0 Å². The highest BCUT2D eigenvalue weighted by molar-refractivity contribution is 7.80. The van der Waals surface area contributed by atoms with Crippen molar-refractivity contribution >= 4 is 29.0 Å². The van der Waals surface area contributed by atoms with E-state index in [2.05, 4.69) is 41.8 Å². The highest BCUT2D eigenvalue weighted by Gasteiger charge is 2.06. The number of carbonyl (C=O) groups is 1. The fourth-order valence-electron chi connectivity index (χ4n) is 2.38. The number of esters is 1. The van der Waals surface area contributed by atoms with Gasteiger partial charge in [0.05, 0.1) is 12.7 Å². The summed E-state index contributed by atoms with van der Waals surface area (Å²) in [7, 11) is 1.36. The lowest BCUT2D eigenvalue weighted by Gasteiger charge is -2.11. The van der Waals surface area contributed by atoms with Crippen LogP contribution in [0, 0.1) is 6.92 Å². The Labute approximate surface area is 148 Å². The van der Waals surface area contributed by atoms with E-state index < -0.39 is 0 Å². The van der Waals surface area contributed by atoms with Crippen molar-refractivity contribution in [1.82, 2.24) is 5.32 Å². The summed E-state index contributed by atoms with van der Waals surface area (Å²) in [6.07, 6.45) is 2.00. The molecule has 0 aromatic heterocycles. The fourth-order valence-corrected chi connectivity index (χ4v) is 2.60. The molecule has 2 N–H and O–H groups in total. The molecule has 0 spiro atoms. The van der Waals surface area contributed by atoms with E-state index in [1.54, 1.807) is 18.2 Å². The number of ether oxygens (including phenoxy) is 1. The minimum absolute atomic E-state index is 0.365. The van der Waals surface area contributed by atoms with Gasteiger partial charge >= 0.3 is 5.97 Å². The van der Waals surface area contributed by atoms with E-state index in [9.17, 15) is 4.79 Å². The molecule has 2 aromatic rings. The Kier molecular flexibility index (Phi) is 6.75. The molecule has 0 atom stereocenters. The maximum Gasteiger partial charge on any atom is 0.337 e. The summed E-state index contributed by atoms with van der Waals surface area (Å²) in [6.45, 7) is 2.89. The van der Waals surface area contributed by atoms with Crippen molar-refractivity contribution in [1.29, 1.82) is 0 Å². The smallest absolute Gasteiger partial charge is 0.337 e. The van der Waals surface area contributed by atoms with Crippen molar-refractivity contribution in [3.63, 3.8) is 0 Å². The number of rotatable bonds is 6. The molecule has 0 aliphatic heterocycles. The molecular formula is C19H22N2O2S. The SMILES string of the molecule is COC(=O)c1cccc(NC(=S)NCCCc2cccc(C)c2)c1. The first kappa shape index (κ1) is 17.9. The Hall–Kier alpha value is -2.40. The number of nitrogens with one attached hydrogen (secondary N) is 2. The molecule has 0 radical (unpaired) electrons. The number of aryl methyl sites for hydroxylation is 2. The standard InChI is InChI=1S/C19H22N2O2S/c1-14-6-3-7-15(12-14)8-5-11-20-19(24)21-17-10-4-9-16(13-17)18(22)23-2/h3-4,6-7,9-10,12-13H,5,8,11H2,1-2H3,(H2,20,21,24). The van der Waals surface area contributed by atoms with Crippen LogP contribution in [0.25, 0.3) is 0 Å². The molecule has 0 heterocycles. The quantitative estimate of drug-likeness (QED) is 0.476. The van der Waals surface area contributed by atoms with Crippen LogP contribution in [-0.2, 0) is 11.2 Å². The van der Waals surface area contributed by atoms with Gasteiger partial charge in [-0.1, -0.05) is 35.9 Å². The minimum atomic E-state index is -0.365. The maximum atomic E-state index is 11.5. The van der Waals surface area contributed by atoms with Crippen LogP contribution in [0.4, 0.5) is 5.69 Å². The van der Waals surface area contributed by atoms with E-state index in [0.29, 0.717) is 10.7 Å². The molecule has 2 aromatic carbocycles. The van der Waals surface area contributed by atoms with E-state index in [-0.39, 0.29) is 5.97 Å². The van der Waals surface area contributed by atoms with Gasteiger partial charge in [-0.15, -0.1) is 0 Å². The van der Waals surface area contributed by atoms with Crippen LogP contribution in [0.5, 0.6) is 0 Å². The van der Waals surface area contributed by atoms with Gasteiger partial charge in [-0.3, -0.25) is 0 Å². The zero-order valence-corrected chi connectivity index (χ0v) is 14.8. The van der Waals surface area contributed by atoms with Crippen molar-refractivity contribution in [2.75, 3.05) is 19.0 Å². The molecule has 0 saturated heterocycles. The largest absolute Gasteiger partial charge is 0.465 e. The molecule has 0 amide bonds. The van der Waals surface area contributed by atoms with Crippen LogP contribution in [-0.4, -0.2) is 24.7 Å². The Morgan fingerprint density at radius 1 is 1.17 bits per heavy atom. The fraction of sp³-hybridized carbons (Fsp3) is 0.263. The number of methoxy groups -OCH3 is 1. The summed E-state index contributed by atoms with van der Waals surface area (Å²) in [6, 6.07) is 15.6. The molecule has 0 aliphatic carbocycles. The Morgan fingerprint density at radius 3 is 2.71 bits per heavy atom. The molecule has 0 bridgehead atoms. The van der Waals surface area contributed by atoms with Gasteiger partial charge in [0, 0.05) is 12.2 Å². The third-order valence-electron chi connectivity index (χ3n) is 3.55. The van der Waals surface area contributed by atoms with Crippen LogP contribution in [0.3, 0.4) is 0 Å². The summed E-state index contributed by atoms with van der Waals surface area (Å²) in [5, 5.41) is 6.81. The van der Waals surface area contributed by atoms with Gasteiger partial charge in [-0.05, 0) is 55.7 Å². The molecule has 126 valence electrons. The Morgan fingerprint density at radius 2 is 1.96 bits per heavy atom. The van der Waals surface area contributed by atoms with Gasteiger partial charge in [0.25, 0.3) is 0 Å².